The zero-order chi connectivity index (χ0) is 25.0. The molecule has 1 saturated heterocycles. The molecule has 1 aromatic carbocycles. The molecule has 11 heteroatoms. The number of hydrogen-bond donors (Lipinski definition) is 1. The van der Waals surface area contributed by atoms with Crippen LogP contribution in [0.2, 0.25) is 0 Å². The zero-order valence-corrected chi connectivity index (χ0v) is 19.4. The molecule has 1 fully saturated rings. The number of hydrogen-bond acceptors (Lipinski definition) is 5. The van der Waals surface area contributed by atoms with Crippen LogP contribution in [0.15, 0.2) is 29.1 Å². The van der Waals surface area contributed by atoms with Gasteiger partial charge in [-0.3, -0.25) is 28.9 Å². The predicted octanol–water partition coefficient (Wildman–Crippen LogP) is 2.59. The average molecular weight is 476 g/mol. The van der Waals surface area contributed by atoms with Crippen molar-refractivity contribution in [3.8, 4) is 0 Å². The maximum atomic E-state index is 15.1. The van der Waals surface area contributed by atoms with E-state index in [2.05, 4.69) is 5.32 Å². The van der Waals surface area contributed by atoms with E-state index in [0.717, 1.165) is 4.90 Å². The molecule has 2 aromatic rings. The number of piperidine rings is 1. The van der Waals surface area contributed by atoms with Gasteiger partial charge in [0, 0.05) is 25.6 Å². The Balaban J connectivity index is 1.69. The molecule has 2 aliphatic rings. The highest BCUT2D eigenvalue weighted by Crippen LogP contribution is 2.37. The summed E-state index contributed by atoms with van der Waals surface area (Å²) in [6.45, 7) is 4.11. The van der Waals surface area contributed by atoms with Crippen LogP contribution < -0.4 is 11.0 Å². The number of aromatic nitrogens is 2. The van der Waals surface area contributed by atoms with Crippen molar-refractivity contribution in [3.63, 3.8) is 0 Å². The number of fused-ring (bicyclic) bond motifs is 1. The largest absolute Gasteiger partial charge is 0.444 e. The Morgan fingerprint density at radius 3 is 2.50 bits per heavy atom. The molecule has 0 bridgehead atoms. The van der Waals surface area contributed by atoms with Crippen LogP contribution in [0.1, 0.15) is 45.2 Å². The molecule has 0 saturated carbocycles. The first kappa shape index (κ1) is 23.7. The number of benzene rings is 1. The monoisotopic (exact) mass is 476 g/mol. The standard InChI is InChI=1S/C23H26F2N4O5/c1-22(2,3)34-21(33)28-10-9-14(23(24,25)12-28)13-5-6-15-17(11-13)27(4)20(32)29(15)16-7-8-18(30)26-19(16)31/h5-6,9,11,16H,7-8,10,12H2,1-4H3,(H,26,30,31). The van der Waals surface area contributed by atoms with Crippen LogP contribution in [0.5, 0.6) is 0 Å². The number of imidazole rings is 1. The first-order chi connectivity index (χ1) is 15.8. The lowest BCUT2D eigenvalue weighted by molar-refractivity contribution is -0.135. The molecule has 0 radical (unpaired) electrons. The van der Waals surface area contributed by atoms with Gasteiger partial charge in [0.1, 0.15) is 11.6 Å². The summed E-state index contributed by atoms with van der Waals surface area (Å²) in [6, 6.07) is 3.60. The molecule has 3 amide bonds. The number of ether oxygens (including phenoxy) is 1. The van der Waals surface area contributed by atoms with Crippen LogP contribution in [0.4, 0.5) is 13.6 Å². The number of imide groups is 1. The average Bonchev–Trinajstić information content (AvgIpc) is 2.96. The first-order valence-corrected chi connectivity index (χ1v) is 10.9. The van der Waals surface area contributed by atoms with E-state index in [1.165, 1.54) is 40.5 Å². The molecule has 1 unspecified atom stereocenters. The van der Waals surface area contributed by atoms with Crippen molar-refractivity contribution >= 4 is 34.5 Å². The van der Waals surface area contributed by atoms with Gasteiger partial charge in [0.2, 0.25) is 11.8 Å². The summed E-state index contributed by atoms with van der Waals surface area (Å²) in [4.78, 5) is 49.9. The molecular formula is C23H26F2N4O5. The number of carbonyl (C=O) groups excluding carboxylic acids is 3. The second-order valence-corrected chi connectivity index (χ2v) is 9.57. The van der Waals surface area contributed by atoms with Crippen LogP contribution in [0.3, 0.4) is 0 Å². The lowest BCUT2D eigenvalue weighted by atomic mass is 9.95. The number of amides is 3. The SMILES string of the molecule is Cn1c(=O)n(C2CCC(=O)NC2=O)c2ccc(C3=CCN(C(=O)OC(C)(C)C)CC3(F)F)cc21. The molecule has 0 spiro atoms. The van der Waals surface area contributed by atoms with E-state index >= 15 is 8.78 Å². The first-order valence-electron chi connectivity index (χ1n) is 10.9. The highest BCUT2D eigenvalue weighted by Gasteiger charge is 2.42. The number of carbonyl (C=O) groups is 3. The molecule has 3 heterocycles. The van der Waals surface area contributed by atoms with Crippen molar-refractivity contribution in [2.75, 3.05) is 13.1 Å². The Morgan fingerprint density at radius 1 is 1.18 bits per heavy atom. The highest BCUT2D eigenvalue weighted by atomic mass is 19.3. The van der Waals surface area contributed by atoms with Gasteiger partial charge in [0.05, 0.1) is 17.6 Å². The van der Waals surface area contributed by atoms with E-state index in [0.29, 0.717) is 11.0 Å². The minimum absolute atomic E-state index is 0.0475. The van der Waals surface area contributed by atoms with E-state index in [9.17, 15) is 19.2 Å². The predicted molar refractivity (Wildman–Crippen MR) is 119 cm³/mol. The van der Waals surface area contributed by atoms with Crippen molar-refractivity contribution in [1.29, 1.82) is 0 Å². The normalized spacial score (nSPS) is 20.8. The molecule has 4 rings (SSSR count). The highest BCUT2D eigenvalue weighted by molar-refractivity contribution is 6.00. The zero-order valence-electron chi connectivity index (χ0n) is 19.4. The summed E-state index contributed by atoms with van der Waals surface area (Å²) in [5.74, 6) is -4.31. The van der Waals surface area contributed by atoms with E-state index < -0.39 is 47.7 Å². The van der Waals surface area contributed by atoms with Gasteiger partial charge in [0.25, 0.3) is 5.92 Å². The Kier molecular flexibility index (Phi) is 5.61. The van der Waals surface area contributed by atoms with Gasteiger partial charge in [-0.05, 0) is 44.9 Å². The molecule has 9 nitrogen and oxygen atoms in total. The van der Waals surface area contributed by atoms with Gasteiger partial charge in [0.15, 0.2) is 0 Å². The fourth-order valence-electron chi connectivity index (χ4n) is 4.30. The van der Waals surface area contributed by atoms with Crippen molar-refractivity contribution in [2.24, 2.45) is 7.05 Å². The topological polar surface area (TPSA) is 103 Å². The smallest absolute Gasteiger partial charge is 0.410 e. The Morgan fingerprint density at radius 2 is 1.88 bits per heavy atom. The molecule has 0 aliphatic carbocycles. The second-order valence-electron chi connectivity index (χ2n) is 9.57. The van der Waals surface area contributed by atoms with Crippen LogP contribution in [0.25, 0.3) is 16.6 Å². The van der Waals surface area contributed by atoms with E-state index in [4.69, 9.17) is 4.74 Å². The number of aryl methyl sites for hydroxylation is 1. The van der Waals surface area contributed by atoms with Crippen molar-refractivity contribution in [1.82, 2.24) is 19.4 Å². The summed E-state index contributed by atoms with van der Waals surface area (Å²) >= 11 is 0. The van der Waals surface area contributed by atoms with Crippen molar-refractivity contribution in [2.45, 2.75) is 51.2 Å². The number of nitrogens with one attached hydrogen (secondary N) is 1. The molecular weight excluding hydrogens is 450 g/mol. The van der Waals surface area contributed by atoms with Crippen molar-refractivity contribution in [3.05, 3.63) is 40.3 Å². The lowest BCUT2D eigenvalue weighted by Crippen LogP contribution is -2.46. The molecule has 182 valence electrons. The summed E-state index contributed by atoms with van der Waals surface area (Å²) in [5.41, 5.74) is -0.559. The molecule has 1 N–H and O–H groups in total. The van der Waals surface area contributed by atoms with Gasteiger partial charge in [-0.2, -0.15) is 8.78 Å². The minimum Gasteiger partial charge on any atom is -0.444 e. The summed E-state index contributed by atoms with van der Waals surface area (Å²) < 4.78 is 38.0. The maximum absolute atomic E-state index is 15.1. The van der Waals surface area contributed by atoms with Gasteiger partial charge in [-0.1, -0.05) is 12.1 Å². The fourth-order valence-corrected chi connectivity index (χ4v) is 4.30. The molecule has 2 aliphatic heterocycles. The Bertz CT molecular complexity index is 1280. The van der Waals surface area contributed by atoms with Crippen LogP contribution in [-0.2, 0) is 21.4 Å². The Labute approximate surface area is 194 Å². The second kappa shape index (κ2) is 8.07. The third kappa shape index (κ3) is 4.22. The van der Waals surface area contributed by atoms with E-state index in [1.807, 2.05) is 0 Å². The summed E-state index contributed by atoms with van der Waals surface area (Å²) in [7, 11) is 1.49. The number of halogens is 2. The van der Waals surface area contributed by atoms with E-state index in [1.54, 1.807) is 20.8 Å². The van der Waals surface area contributed by atoms with Crippen LogP contribution in [-0.4, -0.2) is 56.6 Å². The quantitative estimate of drug-likeness (QED) is 0.672. The summed E-state index contributed by atoms with van der Waals surface area (Å²) in [5, 5.41) is 2.23. The van der Waals surface area contributed by atoms with Crippen LogP contribution in [0, 0.1) is 0 Å². The van der Waals surface area contributed by atoms with E-state index in [-0.39, 0.29) is 30.5 Å². The Hall–Kier alpha value is -3.50. The summed E-state index contributed by atoms with van der Waals surface area (Å²) in [6.07, 6.45) is 0.741. The van der Waals surface area contributed by atoms with Gasteiger partial charge in [-0.25, -0.2) is 9.59 Å². The fraction of sp³-hybridized carbons (Fsp3) is 0.478. The number of rotatable bonds is 2. The van der Waals surface area contributed by atoms with Crippen molar-refractivity contribution < 1.29 is 27.9 Å². The van der Waals surface area contributed by atoms with Gasteiger partial charge in [-0.15, -0.1) is 0 Å². The molecule has 1 aromatic heterocycles. The number of nitrogens with zero attached hydrogens (tertiary/aromatic N) is 3. The molecule has 1 atom stereocenters. The molecule has 34 heavy (non-hydrogen) atoms. The third-order valence-corrected chi connectivity index (χ3v) is 5.87. The third-order valence-electron chi connectivity index (χ3n) is 5.87. The number of alkyl halides is 2. The van der Waals surface area contributed by atoms with Gasteiger partial charge < -0.3 is 4.74 Å². The van der Waals surface area contributed by atoms with Gasteiger partial charge >= 0.3 is 11.8 Å². The van der Waals surface area contributed by atoms with Crippen LogP contribution >= 0.6 is 0 Å². The lowest BCUT2D eigenvalue weighted by Gasteiger charge is -2.34. The maximum Gasteiger partial charge on any atom is 0.410 e. The minimum atomic E-state index is -3.34.